The first-order valence-electron chi connectivity index (χ1n) is 3.48. The molecule has 0 unspecified atom stereocenters. The lowest BCUT2D eigenvalue weighted by Crippen LogP contribution is -2.36. The Kier molecular flexibility index (Phi) is 1.42. The maximum absolute atomic E-state index is 9.32. The number of aliphatic hydroxyl groups excluding tert-OH is 1. The predicted octanol–water partition coefficient (Wildman–Crippen LogP) is -1.53. The van der Waals surface area contributed by atoms with E-state index < -0.39 is 6.10 Å². The summed E-state index contributed by atoms with van der Waals surface area (Å²) in [5.74, 6) is 0. The number of aliphatic hydroxyl groups is 1. The van der Waals surface area contributed by atoms with E-state index >= 15 is 0 Å². The molecule has 0 saturated carbocycles. The van der Waals surface area contributed by atoms with Crippen LogP contribution in [0, 0.1) is 0 Å². The van der Waals surface area contributed by atoms with Crippen LogP contribution in [0.25, 0.3) is 0 Å². The molecule has 2 heterocycles. The number of hydrogen-bond acceptors (Lipinski definition) is 4. The lowest BCUT2D eigenvalue weighted by molar-refractivity contribution is -0.0875. The van der Waals surface area contributed by atoms with Gasteiger partial charge in [-0.1, -0.05) is 0 Å². The van der Waals surface area contributed by atoms with Crippen LogP contribution in [0.1, 0.15) is 0 Å². The van der Waals surface area contributed by atoms with Gasteiger partial charge in [-0.05, 0) is 0 Å². The Hall–Kier alpha value is -0.160. The van der Waals surface area contributed by atoms with Crippen molar-refractivity contribution in [1.29, 1.82) is 0 Å². The molecular formula is C6H11NO3. The molecule has 58 valence electrons. The minimum absolute atomic E-state index is 0.0891. The largest absolute Gasteiger partial charge is 0.387 e. The molecule has 2 saturated heterocycles. The Labute approximate surface area is 58.9 Å². The van der Waals surface area contributed by atoms with E-state index in [4.69, 9.17) is 15.2 Å². The highest BCUT2D eigenvalue weighted by Gasteiger charge is 2.49. The van der Waals surface area contributed by atoms with Gasteiger partial charge in [0.15, 0.2) is 0 Å². The smallest absolute Gasteiger partial charge is 0.113 e. The summed E-state index contributed by atoms with van der Waals surface area (Å²) in [6.07, 6.45) is -0.837. The van der Waals surface area contributed by atoms with Gasteiger partial charge in [0.05, 0.1) is 12.7 Å². The van der Waals surface area contributed by atoms with Gasteiger partial charge in [-0.3, -0.25) is 0 Å². The zero-order valence-corrected chi connectivity index (χ0v) is 5.56. The van der Waals surface area contributed by atoms with Crippen molar-refractivity contribution in [3.8, 4) is 0 Å². The summed E-state index contributed by atoms with van der Waals surface area (Å²) >= 11 is 0. The second kappa shape index (κ2) is 2.17. The third kappa shape index (κ3) is 0.703. The van der Waals surface area contributed by atoms with Crippen molar-refractivity contribution < 1.29 is 14.6 Å². The lowest BCUT2D eigenvalue weighted by Gasteiger charge is -2.19. The highest BCUT2D eigenvalue weighted by atomic mass is 16.6. The Morgan fingerprint density at radius 3 is 2.70 bits per heavy atom. The summed E-state index contributed by atoms with van der Waals surface area (Å²) in [4.78, 5) is 0. The van der Waals surface area contributed by atoms with Crippen LogP contribution in [0.4, 0.5) is 0 Å². The van der Waals surface area contributed by atoms with E-state index in [1.165, 1.54) is 0 Å². The molecule has 3 N–H and O–H groups in total. The first-order chi connectivity index (χ1) is 4.83. The number of ether oxygens (including phenoxy) is 2. The average Bonchev–Trinajstić information content (AvgIpc) is 2.46. The van der Waals surface area contributed by atoms with E-state index in [1.807, 2.05) is 0 Å². The van der Waals surface area contributed by atoms with Crippen molar-refractivity contribution in [3.05, 3.63) is 0 Å². The highest BCUT2D eigenvalue weighted by molar-refractivity contribution is 4.97. The first-order valence-corrected chi connectivity index (χ1v) is 3.48. The van der Waals surface area contributed by atoms with Gasteiger partial charge in [0, 0.05) is 6.54 Å². The van der Waals surface area contributed by atoms with Gasteiger partial charge < -0.3 is 20.3 Å². The molecule has 2 fully saturated rings. The molecule has 0 radical (unpaired) electrons. The molecule has 4 atom stereocenters. The Balaban J connectivity index is 2.08. The maximum Gasteiger partial charge on any atom is 0.113 e. The molecule has 0 spiro atoms. The molecule has 2 aliphatic rings. The van der Waals surface area contributed by atoms with Crippen LogP contribution < -0.4 is 5.73 Å². The van der Waals surface area contributed by atoms with E-state index in [1.54, 1.807) is 0 Å². The van der Waals surface area contributed by atoms with Crippen molar-refractivity contribution in [1.82, 2.24) is 0 Å². The van der Waals surface area contributed by atoms with Crippen LogP contribution in [0.15, 0.2) is 0 Å². The fourth-order valence-electron chi connectivity index (χ4n) is 1.55. The van der Waals surface area contributed by atoms with Crippen molar-refractivity contribution >= 4 is 0 Å². The number of hydrogen-bond donors (Lipinski definition) is 2. The first kappa shape index (κ1) is 6.54. The van der Waals surface area contributed by atoms with Crippen LogP contribution in [-0.4, -0.2) is 42.7 Å². The lowest BCUT2D eigenvalue weighted by atomic mass is 10.1. The molecule has 0 aromatic heterocycles. The quantitative estimate of drug-likeness (QED) is 0.470. The standard InChI is InChI=1S/C6H11NO3/c7-1-3-6-5(8)4(10-3)2-9-6/h3-6,8H,1-2,7H2/t3-,4+,5+,6+/m0/s1. The minimum atomic E-state index is -0.450. The summed E-state index contributed by atoms with van der Waals surface area (Å²) in [7, 11) is 0. The zero-order chi connectivity index (χ0) is 7.14. The molecule has 4 nitrogen and oxygen atoms in total. The molecule has 0 aromatic carbocycles. The molecule has 0 amide bonds. The van der Waals surface area contributed by atoms with E-state index in [2.05, 4.69) is 0 Å². The van der Waals surface area contributed by atoms with Crippen molar-refractivity contribution in [3.63, 3.8) is 0 Å². The minimum Gasteiger partial charge on any atom is -0.387 e. The fraction of sp³-hybridized carbons (Fsp3) is 1.00. The van der Waals surface area contributed by atoms with Gasteiger partial charge in [-0.2, -0.15) is 0 Å². The van der Waals surface area contributed by atoms with Crippen molar-refractivity contribution in [2.45, 2.75) is 24.4 Å². The molecule has 2 bridgehead atoms. The van der Waals surface area contributed by atoms with Gasteiger partial charge >= 0.3 is 0 Å². The highest BCUT2D eigenvalue weighted by Crippen LogP contribution is 2.29. The molecule has 2 rings (SSSR count). The molecule has 10 heavy (non-hydrogen) atoms. The van der Waals surface area contributed by atoms with E-state index in [0.717, 1.165) is 0 Å². The predicted molar refractivity (Wildman–Crippen MR) is 33.5 cm³/mol. The van der Waals surface area contributed by atoms with E-state index in [9.17, 15) is 5.11 Å². The maximum atomic E-state index is 9.32. The summed E-state index contributed by atoms with van der Waals surface area (Å²) in [6.45, 7) is 0.945. The van der Waals surface area contributed by atoms with Crippen LogP contribution in [-0.2, 0) is 9.47 Å². The Morgan fingerprint density at radius 1 is 1.60 bits per heavy atom. The SMILES string of the molecule is NC[C@@H]1O[C@@H]2CO[C@H]1[C@@H]2O. The number of nitrogens with two attached hydrogens (primary N) is 1. The molecule has 0 aliphatic carbocycles. The normalized spacial score (nSPS) is 52.2. The summed E-state index contributed by atoms with van der Waals surface area (Å²) in [5, 5.41) is 9.32. The van der Waals surface area contributed by atoms with Gasteiger partial charge in [0.25, 0.3) is 0 Å². The van der Waals surface area contributed by atoms with Gasteiger partial charge in [-0.15, -0.1) is 0 Å². The third-order valence-corrected chi connectivity index (χ3v) is 2.12. The second-order valence-corrected chi connectivity index (χ2v) is 2.74. The average molecular weight is 145 g/mol. The summed E-state index contributed by atoms with van der Waals surface area (Å²) in [5.41, 5.74) is 5.37. The van der Waals surface area contributed by atoms with Crippen molar-refractivity contribution in [2.75, 3.05) is 13.2 Å². The molecular weight excluding hydrogens is 134 g/mol. The summed E-state index contributed by atoms with van der Waals surface area (Å²) < 4.78 is 10.5. The van der Waals surface area contributed by atoms with Gasteiger partial charge in [0.2, 0.25) is 0 Å². The zero-order valence-electron chi connectivity index (χ0n) is 5.56. The molecule has 2 aliphatic heterocycles. The topological polar surface area (TPSA) is 64.7 Å². The van der Waals surface area contributed by atoms with E-state index in [0.29, 0.717) is 13.2 Å². The van der Waals surface area contributed by atoms with Crippen LogP contribution in [0.2, 0.25) is 0 Å². The van der Waals surface area contributed by atoms with Crippen LogP contribution in [0.3, 0.4) is 0 Å². The number of fused-ring (bicyclic) bond motifs is 2. The number of rotatable bonds is 1. The summed E-state index contributed by atoms with van der Waals surface area (Å²) in [6, 6.07) is 0. The van der Waals surface area contributed by atoms with Gasteiger partial charge in [-0.25, -0.2) is 0 Å². The van der Waals surface area contributed by atoms with Crippen LogP contribution in [0.5, 0.6) is 0 Å². The van der Waals surface area contributed by atoms with Crippen LogP contribution >= 0.6 is 0 Å². The Morgan fingerprint density at radius 2 is 2.40 bits per heavy atom. The van der Waals surface area contributed by atoms with Crippen molar-refractivity contribution in [2.24, 2.45) is 5.73 Å². The Bertz CT molecular complexity index is 141. The van der Waals surface area contributed by atoms with E-state index in [-0.39, 0.29) is 18.3 Å². The second-order valence-electron chi connectivity index (χ2n) is 2.74. The van der Waals surface area contributed by atoms with Gasteiger partial charge in [0.1, 0.15) is 18.3 Å². The molecule has 4 heteroatoms. The third-order valence-electron chi connectivity index (χ3n) is 2.12. The monoisotopic (exact) mass is 145 g/mol. The fourth-order valence-corrected chi connectivity index (χ4v) is 1.55. The molecule has 0 aromatic rings.